The van der Waals surface area contributed by atoms with Gasteiger partial charge in [-0.1, -0.05) is 36.4 Å². The highest BCUT2D eigenvalue weighted by Gasteiger charge is 2.46. The standard InChI is InChI=1S/C37H40F3N4O8PS/c1-4-16-49-53(46,50-17-5-2)51-18-8-10-35(45)52-37(24-44-26-42-25-43-44,32-15-14-30(38)20-34(32)40)27(3)54-31-22-47-36(48-23-31)11-7-6-9-29-13-12-28(21-41)19-33(29)39/h4-7,9,11-15,19-20,25-27,31,36H,1-2,8,10,16-18,22-24H2,3H3/b9-6+,11-7+/t27-,31-,36-,37-/m1/s1. The maximum absolute atomic E-state index is 15.7. The van der Waals surface area contributed by atoms with Crippen molar-refractivity contribution in [2.45, 2.75) is 48.7 Å². The molecule has 3 aromatic rings. The zero-order valence-corrected chi connectivity index (χ0v) is 31.1. The zero-order valence-electron chi connectivity index (χ0n) is 29.4. The van der Waals surface area contributed by atoms with Gasteiger partial charge in [0.2, 0.25) is 0 Å². The minimum atomic E-state index is -3.97. The molecule has 0 radical (unpaired) electrons. The number of ether oxygens (including phenoxy) is 3. The lowest BCUT2D eigenvalue weighted by Crippen LogP contribution is -2.47. The quantitative estimate of drug-likeness (QED) is 0.0348. The summed E-state index contributed by atoms with van der Waals surface area (Å²) < 4.78 is 91.9. The van der Waals surface area contributed by atoms with Crippen molar-refractivity contribution in [3.05, 3.63) is 127 Å². The second-order valence-corrected chi connectivity index (χ2v) is 15.0. The summed E-state index contributed by atoms with van der Waals surface area (Å²) in [4.78, 5) is 17.5. The van der Waals surface area contributed by atoms with Gasteiger partial charge < -0.3 is 14.2 Å². The lowest BCUT2D eigenvalue weighted by atomic mass is 9.89. The van der Waals surface area contributed by atoms with Crippen molar-refractivity contribution >= 4 is 31.6 Å². The molecule has 0 amide bonds. The molecule has 4 rings (SSSR count). The Bertz CT molecular complexity index is 1850. The summed E-state index contributed by atoms with van der Waals surface area (Å²) in [6, 6.07) is 9.08. The zero-order chi connectivity index (χ0) is 39.0. The SMILES string of the molecule is C=CCOP(=O)(OCC=C)OCCCC(=O)O[C@@](Cn1cncn1)(c1ccc(F)cc1F)[C@@H](C)S[C@H]1CO[C@H](/C=C/C=C/c2ccc(C#N)cc2F)OC1. The maximum Gasteiger partial charge on any atom is 0.475 e. The fourth-order valence-corrected chi connectivity index (χ4v) is 7.69. The molecule has 12 nitrogen and oxygen atoms in total. The van der Waals surface area contributed by atoms with Crippen molar-refractivity contribution < 1.29 is 50.3 Å². The molecule has 0 spiro atoms. The predicted molar refractivity (Wildman–Crippen MR) is 195 cm³/mol. The molecule has 1 saturated heterocycles. The average Bonchev–Trinajstić information content (AvgIpc) is 3.67. The highest BCUT2D eigenvalue weighted by atomic mass is 32.2. The molecule has 17 heteroatoms. The number of nitrogens with zero attached hydrogens (tertiary/aromatic N) is 4. The number of hydrogen-bond acceptors (Lipinski definition) is 12. The van der Waals surface area contributed by atoms with Crippen LogP contribution in [0.4, 0.5) is 13.2 Å². The topological polar surface area (TPSA) is 144 Å². The molecular weight excluding hydrogens is 748 g/mol. The maximum atomic E-state index is 15.7. The third kappa shape index (κ3) is 12.4. The van der Waals surface area contributed by atoms with E-state index < -0.39 is 48.4 Å². The molecule has 1 aliphatic rings. The Hall–Kier alpha value is -4.33. The molecule has 1 aliphatic heterocycles. The fourth-order valence-electron chi connectivity index (χ4n) is 5.17. The molecule has 0 bridgehead atoms. The van der Waals surface area contributed by atoms with Crippen LogP contribution in [-0.2, 0) is 49.3 Å². The van der Waals surface area contributed by atoms with Crippen LogP contribution in [0, 0.1) is 28.8 Å². The van der Waals surface area contributed by atoms with Gasteiger partial charge in [0.1, 0.15) is 30.1 Å². The highest BCUT2D eigenvalue weighted by molar-refractivity contribution is 8.00. The number of esters is 1. The van der Waals surface area contributed by atoms with E-state index >= 15 is 4.39 Å². The van der Waals surface area contributed by atoms with Gasteiger partial charge in [0, 0.05) is 28.9 Å². The number of benzene rings is 2. The van der Waals surface area contributed by atoms with Crippen LogP contribution >= 0.6 is 19.6 Å². The summed E-state index contributed by atoms with van der Waals surface area (Å²) in [6.45, 7) is 8.58. The van der Waals surface area contributed by atoms with Crippen molar-refractivity contribution in [3.63, 3.8) is 0 Å². The van der Waals surface area contributed by atoms with Crippen molar-refractivity contribution in [2.75, 3.05) is 33.0 Å². The first-order valence-corrected chi connectivity index (χ1v) is 19.1. The van der Waals surface area contributed by atoms with E-state index in [4.69, 9.17) is 33.0 Å². The Labute approximate surface area is 315 Å². The van der Waals surface area contributed by atoms with Crippen LogP contribution in [0.1, 0.15) is 36.5 Å². The molecular formula is C37H40F3N4O8PS. The number of hydrogen-bond donors (Lipinski definition) is 0. The Kier molecular flexibility index (Phi) is 16.4. The average molecular weight is 789 g/mol. The Morgan fingerprint density at radius 3 is 2.48 bits per heavy atom. The minimum Gasteiger partial charge on any atom is -0.451 e. The molecule has 1 aromatic heterocycles. The number of allylic oxidation sites excluding steroid dienone is 2. The molecule has 54 heavy (non-hydrogen) atoms. The van der Waals surface area contributed by atoms with Gasteiger partial charge in [-0.3, -0.25) is 18.4 Å². The van der Waals surface area contributed by atoms with Gasteiger partial charge in [-0.15, -0.1) is 24.9 Å². The largest absolute Gasteiger partial charge is 0.475 e. The van der Waals surface area contributed by atoms with E-state index in [2.05, 4.69) is 23.2 Å². The van der Waals surface area contributed by atoms with E-state index in [0.29, 0.717) is 11.6 Å². The first-order chi connectivity index (χ1) is 26.0. The molecule has 0 aliphatic carbocycles. The summed E-state index contributed by atoms with van der Waals surface area (Å²) >= 11 is 1.32. The molecule has 0 saturated carbocycles. The van der Waals surface area contributed by atoms with Crippen LogP contribution in [0.25, 0.3) is 6.08 Å². The van der Waals surface area contributed by atoms with E-state index in [1.807, 2.05) is 6.07 Å². The van der Waals surface area contributed by atoms with Crippen LogP contribution in [0.5, 0.6) is 0 Å². The highest BCUT2D eigenvalue weighted by Crippen LogP contribution is 2.49. The van der Waals surface area contributed by atoms with Gasteiger partial charge in [-0.2, -0.15) is 10.4 Å². The summed E-state index contributed by atoms with van der Waals surface area (Å²) in [7, 11) is -3.97. The molecule has 0 N–H and O–H groups in total. The van der Waals surface area contributed by atoms with E-state index in [0.717, 1.165) is 12.1 Å². The monoisotopic (exact) mass is 788 g/mol. The van der Waals surface area contributed by atoms with Crippen molar-refractivity contribution in [3.8, 4) is 6.07 Å². The number of rotatable bonds is 21. The second kappa shape index (κ2) is 20.9. The Balaban J connectivity index is 1.46. The van der Waals surface area contributed by atoms with Gasteiger partial charge >= 0.3 is 13.8 Å². The van der Waals surface area contributed by atoms with Gasteiger partial charge in [0.15, 0.2) is 11.9 Å². The van der Waals surface area contributed by atoms with Gasteiger partial charge in [-0.25, -0.2) is 27.4 Å². The van der Waals surface area contributed by atoms with E-state index in [1.54, 1.807) is 31.2 Å². The number of nitriles is 1. The first-order valence-electron chi connectivity index (χ1n) is 16.7. The lowest BCUT2D eigenvalue weighted by Gasteiger charge is -2.40. The Morgan fingerprint density at radius 1 is 1.11 bits per heavy atom. The molecule has 0 unspecified atom stereocenters. The summed E-state index contributed by atoms with van der Waals surface area (Å²) in [5.41, 5.74) is -1.30. The molecule has 288 valence electrons. The number of carbonyl (C=O) groups excluding carboxylic acids is 1. The number of aromatic nitrogens is 3. The fraction of sp³-hybridized carbons (Fsp3) is 0.351. The van der Waals surface area contributed by atoms with Crippen molar-refractivity contribution in [1.82, 2.24) is 14.8 Å². The third-order valence-electron chi connectivity index (χ3n) is 7.75. The lowest BCUT2D eigenvalue weighted by molar-refractivity contribution is -0.164. The normalized spacial score (nSPS) is 17.9. The second-order valence-electron chi connectivity index (χ2n) is 11.7. The number of halogens is 3. The minimum absolute atomic E-state index is 0.0291. The molecule has 2 heterocycles. The Morgan fingerprint density at radius 2 is 1.85 bits per heavy atom. The number of phosphoric acid groups is 1. The van der Waals surface area contributed by atoms with Crippen LogP contribution < -0.4 is 0 Å². The van der Waals surface area contributed by atoms with Crippen molar-refractivity contribution in [1.29, 1.82) is 5.26 Å². The van der Waals surface area contributed by atoms with Crippen LogP contribution in [0.15, 0.2) is 92.6 Å². The summed E-state index contributed by atoms with van der Waals surface area (Å²) in [5, 5.41) is 12.1. The number of carbonyl (C=O) groups is 1. The first kappa shape index (κ1) is 42.4. The number of thioether (sulfide) groups is 1. The van der Waals surface area contributed by atoms with E-state index in [1.165, 1.54) is 59.4 Å². The van der Waals surface area contributed by atoms with Crippen LogP contribution in [0.3, 0.4) is 0 Å². The smallest absolute Gasteiger partial charge is 0.451 e. The third-order valence-corrected chi connectivity index (χ3v) is 10.6. The molecule has 1 fully saturated rings. The van der Waals surface area contributed by atoms with Crippen molar-refractivity contribution in [2.24, 2.45) is 0 Å². The van der Waals surface area contributed by atoms with E-state index in [-0.39, 0.29) is 68.8 Å². The summed E-state index contributed by atoms with van der Waals surface area (Å²) in [5.74, 6) is -3.03. The summed E-state index contributed by atoms with van der Waals surface area (Å²) in [6.07, 6.45) is 10.9. The molecule has 2 aromatic carbocycles. The van der Waals surface area contributed by atoms with Gasteiger partial charge in [-0.05, 0) is 43.7 Å². The van der Waals surface area contributed by atoms with Gasteiger partial charge in [0.25, 0.3) is 0 Å². The van der Waals surface area contributed by atoms with Crippen LogP contribution in [-0.4, -0.2) is 70.6 Å². The van der Waals surface area contributed by atoms with Crippen LogP contribution in [0.2, 0.25) is 0 Å². The van der Waals surface area contributed by atoms with Gasteiger partial charge in [0.05, 0.1) is 56.5 Å². The number of phosphoric ester groups is 1. The molecule has 2 atom stereocenters. The van der Waals surface area contributed by atoms with E-state index in [9.17, 15) is 18.1 Å². The predicted octanol–water partition coefficient (Wildman–Crippen LogP) is 7.45.